The molecule has 7 heteroatoms. The molecular weight excluding hydrogens is 214 g/mol. The van der Waals surface area contributed by atoms with Crippen LogP contribution >= 0.6 is 0 Å². The molecule has 0 radical (unpaired) electrons. The summed E-state index contributed by atoms with van der Waals surface area (Å²) in [5.41, 5.74) is 0.323. The maximum absolute atomic E-state index is 10.4. The minimum absolute atomic E-state index is 0.0507. The Morgan fingerprint density at radius 3 is 2.44 bits per heavy atom. The summed E-state index contributed by atoms with van der Waals surface area (Å²) in [7, 11) is 0. The first-order valence-electron chi connectivity index (χ1n) is 4.39. The molecule has 0 aliphatic heterocycles. The molecule has 0 aromatic heterocycles. The predicted molar refractivity (Wildman–Crippen MR) is 54.7 cm³/mol. The fourth-order valence-electron chi connectivity index (χ4n) is 0.844. The lowest BCUT2D eigenvalue weighted by Gasteiger charge is -1.96. The molecule has 0 amide bonds. The smallest absolute Gasteiger partial charge is 0.330 e. The van der Waals surface area contributed by atoms with Crippen molar-refractivity contribution in [1.82, 2.24) is 0 Å². The highest BCUT2D eigenvalue weighted by atomic mass is 16.6. The highest BCUT2D eigenvalue weighted by Crippen LogP contribution is 2.18. The molecule has 0 fully saturated rings. The summed E-state index contributed by atoms with van der Waals surface area (Å²) in [6.45, 7) is 1.39. The van der Waals surface area contributed by atoms with Crippen molar-refractivity contribution >= 4 is 17.3 Å². The molecule has 1 N–H and O–H groups in total. The Labute approximate surface area is 90.6 Å². The Bertz CT molecular complexity index is 427. The summed E-state index contributed by atoms with van der Waals surface area (Å²) in [6.07, 6.45) is 0. The van der Waals surface area contributed by atoms with Crippen molar-refractivity contribution in [2.45, 2.75) is 13.0 Å². The number of rotatable bonds is 4. The molecule has 0 heterocycles. The Balaban J connectivity index is 2.76. The van der Waals surface area contributed by atoms with Gasteiger partial charge in [0, 0.05) is 12.1 Å². The number of benzene rings is 1. The fourth-order valence-corrected chi connectivity index (χ4v) is 0.844. The normalized spacial score (nSPS) is 12.6. The van der Waals surface area contributed by atoms with Crippen LogP contribution in [0.3, 0.4) is 0 Å². The molecular formula is C9H9N3O4. The lowest BCUT2D eigenvalue weighted by Crippen LogP contribution is -2.11. The average Bonchev–Trinajstić information content (AvgIpc) is 2.26. The van der Waals surface area contributed by atoms with Gasteiger partial charge in [0.2, 0.25) is 0 Å². The van der Waals surface area contributed by atoms with Gasteiger partial charge in [0.1, 0.15) is 0 Å². The molecule has 0 spiro atoms. The Morgan fingerprint density at radius 2 is 2.00 bits per heavy atom. The van der Waals surface area contributed by atoms with Gasteiger partial charge in [-0.2, -0.15) is 10.2 Å². The topological polar surface area (TPSA) is 105 Å². The molecule has 0 aliphatic carbocycles. The van der Waals surface area contributed by atoms with E-state index in [9.17, 15) is 14.9 Å². The second-order valence-electron chi connectivity index (χ2n) is 3.00. The molecule has 0 aliphatic rings. The fraction of sp³-hybridized carbons (Fsp3) is 0.222. The molecule has 1 atom stereocenters. The van der Waals surface area contributed by atoms with Crippen LogP contribution < -0.4 is 0 Å². The van der Waals surface area contributed by atoms with E-state index in [1.54, 1.807) is 0 Å². The van der Waals surface area contributed by atoms with E-state index in [2.05, 4.69) is 10.2 Å². The highest BCUT2D eigenvalue weighted by molar-refractivity contribution is 5.72. The van der Waals surface area contributed by atoms with Gasteiger partial charge in [0.15, 0.2) is 6.04 Å². The third-order valence-corrected chi connectivity index (χ3v) is 1.76. The third kappa shape index (κ3) is 3.12. The second kappa shape index (κ2) is 4.96. The maximum Gasteiger partial charge on any atom is 0.330 e. The van der Waals surface area contributed by atoms with Crippen molar-refractivity contribution in [3.05, 3.63) is 34.4 Å². The number of carboxylic acids is 1. The monoisotopic (exact) mass is 223 g/mol. The molecule has 1 aromatic rings. The van der Waals surface area contributed by atoms with E-state index in [0.29, 0.717) is 5.69 Å². The van der Waals surface area contributed by atoms with E-state index in [-0.39, 0.29) is 5.69 Å². The zero-order valence-corrected chi connectivity index (χ0v) is 8.40. The molecule has 84 valence electrons. The number of aliphatic carboxylic acids is 1. The molecule has 0 saturated carbocycles. The zero-order chi connectivity index (χ0) is 12.1. The number of hydrogen-bond donors (Lipinski definition) is 1. The van der Waals surface area contributed by atoms with Gasteiger partial charge in [-0.1, -0.05) is 0 Å². The highest BCUT2D eigenvalue weighted by Gasteiger charge is 2.08. The van der Waals surface area contributed by atoms with E-state index >= 15 is 0 Å². The first-order chi connectivity index (χ1) is 7.50. The largest absolute Gasteiger partial charge is 0.480 e. The molecule has 0 bridgehead atoms. The molecule has 1 unspecified atom stereocenters. The second-order valence-corrected chi connectivity index (χ2v) is 3.00. The van der Waals surface area contributed by atoms with Gasteiger partial charge in [0.05, 0.1) is 10.6 Å². The van der Waals surface area contributed by atoms with Crippen LogP contribution in [0, 0.1) is 10.1 Å². The molecule has 1 rings (SSSR count). The number of hydrogen-bond acceptors (Lipinski definition) is 5. The Morgan fingerprint density at radius 1 is 1.44 bits per heavy atom. The van der Waals surface area contributed by atoms with Crippen LogP contribution in [0.25, 0.3) is 0 Å². The number of azo groups is 1. The van der Waals surface area contributed by atoms with E-state index in [1.807, 2.05) is 0 Å². The predicted octanol–water partition coefficient (Wildman–Crippen LogP) is 2.15. The quantitative estimate of drug-likeness (QED) is 0.479. The van der Waals surface area contributed by atoms with Gasteiger partial charge in [-0.15, -0.1) is 0 Å². The van der Waals surface area contributed by atoms with Crippen LogP contribution in [0.1, 0.15) is 6.92 Å². The van der Waals surface area contributed by atoms with E-state index in [1.165, 1.54) is 31.2 Å². The van der Waals surface area contributed by atoms with Crippen molar-refractivity contribution in [1.29, 1.82) is 0 Å². The van der Waals surface area contributed by atoms with Crippen LogP contribution in [0.15, 0.2) is 34.5 Å². The SMILES string of the molecule is CC(N=Nc1ccc([N+](=O)[O-])cc1)C(=O)O. The van der Waals surface area contributed by atoms with Gasteiger partial charge in [-0.05, 0) is 19.1 Å². The van der Waals surface area contributed by atoms with Crippen molar-refractivity contribution in [2.75, 3.05) is 0 Å². The van der Waals surface area contributed by atoms with Crippen LogP contribution in [0.2, 0.25) is 0 Å². The Hall–Kier alpha value is -2.31. The number of carboxylic acid groups (broad SMARTS) is 1. The van der Waals surface area contributed by atoms with E-state index in [0.717, 1.165) is 0 Å². The van der Waals surface area contributed by atoms with Gasteiger partial charge >= 0.3 is 5.97 Å². The summed E-state index contributed by atoms with van der Waals surface area (Å²) < 4.78 is 0. The van der Waals surface area contributed by atoms with Crippen LogP contribution in [0.5, 0.6) is 0 Å². The number of nitrogens with zero attached hydrogens (tertiary/aromatic N) is 3. The summed E-state index contributed by atoms with van der Waals surface area (Å²) in [5, 5.41) is 26.0. The molecule has 0 saturated heterocycles. The maximum atomic E-state index is 10.4. The van der Waals surface area contributed by atoms with Crippen molar-refractivity contribution in [3.8, 4) is 0 Å². The standard InChI is InChI=1S/C9H9N3O4/c1-6(9(13)14)10-11-7-2-4-8(5-3-7)12(15)16/h2-6H,1H3,(H,13,14). The lowest BCUT2D eigenvalue weighted by atomic mass is 10.3. The molecule has 7 nitrogen and oxygen atoms in total. The van der Waals surface area contributed by atoms with Crippen LogP contribution in [-0.4, -0.2) is 22.0 Å². The van der Waals surface area contributed by atoms with Gasteiger partial charge in [-0.3, -0.25) is 10.1 Å². The van der Waals surface area contributed by atoms with Crippen LogP contribution in [-0.2, 0) is 4.79 Å². The van der Waals surface area contributed by atoms with Crippen molar-refractivity contribution < 1.29 is 14.8 Å². The number of carbonyl (C=O) groups is 1. The lowest BCUT2D eigenvalue weighted by molar-refractivity contribution is -0.384. The van der Waals surface area contributed by atoms with Gasteiger partial charge in [-0.25, -0.2) is 4.79 Å². The van der Waals surface area contributed by atoms with Crippen LogP contribution in [0.4, 0.5) is 11.4 Å². The van der Waals surface area contributed by atoms with Crippen molar-refractivity contribution in [3.63, 3.8) is 0 Å². The number of nitro benzene ring substituents is 1. The zero-order valence-electron chi connectivity index (χ0n) is 8.40. The molecule has 1 aromatic carbocycles. The number of nitro groups is 1. The third-order valence-electron chi connectivity index (χ3n) is 1.76. The van der Waals surface area contributed by atoms with Gasteiger partial charge < -0.3 is 5.11 Å². The molecule has 16 heavy (non-hydrogen) atoms. The van der Waals surface area contributed by atoms with E-state index in [4.69, 9.17) is 5.11 Å². The Kier molecular flexibility index (Phi) is 3.65. The average molecular weight is 223 g/mol. The van der Waals surface area contributed by atoms with Crippen molar-refractivity contribution in [2.24, 2.45) is 10.2 Å². The van der Waals surface area contributed by atoms with Gasteiger partial charge in [0.25, 0.3) is 5.69 Å². The van der Waals surface area contributed by atoms with E-state index < -0.39 is 16.9 Å². The number of non-ortho nitro benzene ring substituents is 1. The first-order valence-corrected chi connectivity index (χ1v) is 4.39. The minimum atomic E-state index is -1.08. The minimum Gasteiger partial charge on any atom is -0.480 e. The first kappa shape index (κ1) is 11.8. The summed E-state index contributed by atoms with van der Waals surface area (Å²) in [4.78, 5) is 20.2. The summed E-state index contributed by atoms with van der Waals surface area (Å²) in [6, 6.07) is 4.42. The summed E-state index contributed by atoms with van der Waals surface area (Å²) in [5.74, 6) is -1.08. The summed E-state index contributed by atoms with van der Waals surface area (Å²) >= 11 is 0.